The van der Waals surface area contributed by atoms with Crippen molar-refractivity contribution in [2.24, 2.45) is 0 Å². The molecule has 1 unspecified atom stereocenters. The van der Waals surface area contributed by atoms with Crippen LogP contribution in [0.15, 0.2) is 24.3 Å². The Hall–Kier alpha value is -0.860. The fourth-order valence-corrected chi connectivity index (χ4v) is 2.32. The predicted molar refractivity (Wildman–Crippen MR) is 66.7 cm³/mol. The second-order valence-electron chi connectivity index (χ2n) is 5.23. The molecular weight excluding hydrogens is 198 g/mol. The van der Waals surface area contributed by atoms with Crippen LogP contribution in [0, 0.1) is 0 Å². The van der Waals surface area contributed by atoms with Gasteiger partial charge in [-0.3, -0.25) is 0 Å². The van der Waals surface area contributed by atoms with Crippen LogP contribution in [-0.4, -0.2) is 23.8 Å². The average molecular weight is 219 g/mol. The predicted octanol–water partition coefficient (Wildman–Crippen LogP) is 2.08. The Morgan fingerprint density at radius 3 is 2.88 bits per heavy atom. The molecule has 0 spiro atoms. The molecule has 1 heterocycles. The molecule has 2 rings (SSSR count). The maximum Gasteiger partial charge on any atom is 0.0823 e. The maximum atomic E-state index is 10.3. The van der Waals surface area contributed by atoms with E-state index in [4.69, 9.17) is 0 Å². The van der Waals surface area contributed by atoms with Crippen LogP contribution in [0.1, 0.15) is 37.3 Å². The number of hydrogen-bond acceptors (Lipinski definition) is 2. The zero-order chi connectivity index (χ0) is 11.6. The molecule has 2 heteroatoms. The zero-order valence-corrected chi connectivity index (χ0v) is 10.2. The SMILES string of the molecule is CC(C)c1cccc(CC2(O)CCNC2)c1. The first-order valence-corrected chi connectivity index (χ1v) is 6.11. The number of nitrogens with one attached hydrogen (secondary N) is 1. The van der Waals surface area contributed by atoms with E-state index in [2.05, 4.69) is 43.4 Å². The van der Waals surface area contributed by atoms with Gasteiger partial charge >= 0.3 is 0 Å². The van der Waals surface area contributed by atoms with Gasteiger partial charge in [0.05, 0.1) is 5.60 Å². The zero-order valence-electron chi connectivity index (χ0n) is 10.2. The van der Waals surface area contributed by atoms with Gasteiger partial charge in [-0.1, -0.05) is 38.1 Å². The summed E-state index contributed by atoms with van der Waals surface area (Å²) in [7, 11) is 0. The highest BCUT2D eigenvalue weighted by Crippen LogP contribution is 2.22. The van der Waals surface area contributed by atoms with Gasteiger partial charge in [0.15, 0.2) is 0 Å². The Balaban J connectivity index is 2.12. The van der Waals surface area contributed by atoms with Crippen LogP contribution in [0.4, 0.5) is 0 Å². The lowest BCUT2D eigenvalue weighted by Crippen LogP contribution is -2.33. The quantitative estimate of drug-likeness (QED) is 0.815. The monoisotopic (exact) mass is 219 g/mol. The number of hydrogen-bond donors (Lipinski definition) is 2. The van der Waals surface area contributed by atoms with Gasteiger partial charge in [0.2, 0.25) is 0 Å². The Kier molecular flexibility index (Phi) is 3.31. The van der Waals surface area contributed by atoms with Crippen LogP contribution >= 0.6 is 0 Å². The van der Waals surface area contributed by atoms with Crippen molar-refractivity contribution >= 4 is 0 Å². The van der Waals surface area contributed by atoms with E-state index in [1.165, 1.54) is 11.1 Å². The molecule has 0 bridgehead atoms. The van der Waals surface area contributed by atoms with Gasteiger partial charge in [-0.05, 0) is 30.0 Å². The summed E-state index contributed by atoms with van der Waals surface area (Å²) in [4.78, 5) is 0. The lowest BCUT2D eigenvalue weighted by Gasteiger charge is -2.21. The Morgan fingerprint density at radius 1 is 1.44 bits per heavy atom. The topological polar surface area (TPSA) is 32.3 Å². The van der Waals surface area contributed by atoms with Crippen molar-refractivity contribution in [3.8, 4) is 0 Å². The standard InChI is InChI=1S/C14H21NO/c1-11(2)13-5-3-4-12(8-13)9-14(16)6-7-15-10-14/h3-5,8,11,15-16H,6-7,9-10H2,1-2H3. The van der Waals surface area contributed by atoms with E-state index in [1.807, 2.05) is 0 Å². The molecule has 0 radical (unpaired) electrons. The molecule has 2 N–H and O–H groups in total. The molecule has 0 aromatic heterocycles. The Labute approximate surface area is 97.7 Å². The molecule has 0 aliphatic carbocycles. The third-order valence-corrected chi connectivity index (χ3v) is 3.37. The first-order valence-electron chi connectivity index (χ1n) is 6.11. The van der Waals surface area contributed by atoms with E-state index >= 15 is 0 Å². The van der Waals surface area contributed by atoms with Gasteiger partial charge in [0.1, 0.15) is 0 Å². The van der Waals surface area contributed by atoms with E-state index < -0.39 is 5.60 Å². The number of β-amino-alcohol motifs (C(OH)–C–C–N with tert-alkyl or cyclic N) is 1. The smallest absolute Gasteiger partial charge is 0.0823 e. The van der Waals surface area contributed by atoms with Crippen LogP contribution < -0.4 is 5.32 Å². The Morgan fingerprint density at radius 2 is 2.25 bits per heavy atom. The largest absolute Gasteiger partial charge is 0.388 e. The summed E-state index contributed by atoms with van der Waals surface area (Å²) in [6, 6.07) is 8.59. The lowest BCUT2D eigenvalue weighted by atomic mass is 9.91. The summed E-state index contributed by atoms with van der Waals surface area (Å²) in [6.45, 7) is 6.05. The first-order chi connectivity index (χ1) is 7.59. The number of aliphatic hydroxyl groups is 1. The number of rotatable bonds is 3. The van der Waals surface area contributed by atoms with E-state index in [0.29, 0.717) is 5.92 Å². The van der Waals surface area contributed by atoms with Crippen molar-refractivity contribution in [3.05, 3.63) is 35.4 Å². The van der Waals surface area contributed by atoms with Gasteiger partial charge in [0.25, 0.3) is 0 Å². The molecule has 1 aliphatic heterocycles. The van der Waals surface area contributed by atoms with E-state index in [-0.39, 0.29) is 0 Å². The molecule has 2 nitrogen and oxygen atoms in total. The van der Waals surface area contributed by atoms with Crippen LogP contribution in [0.5, 0.6) is 0 Å². The van der Waals surface area contributed by atoms with Gasteiger partial charge < -0.3 is 10.4 Å². The molecule has 1 aromatic carbocycles. The molecule has 16 heavy (non-hydrogen) atoms. The molecule has 0 saturated carbocycles. The summed E-state index contributed by atoms with van der Waals surface area (Å²) in [5, 5.41) is 13.5. The fraction of sp³-hybridized carbons (Fsp3) is 0.571. The van der Waals surface area contributed by atoms with Crippen LogP contribution in [0.25, 0.3) is 0 Å². The highest BCUT2D eigenvalue weighted by Gasteiger charge is 2.30. The second-order valence-corrected chi connectivity index (χ2v) is 5.23. The molecule has 88 valence electrons. The minimum Gasteiger partial charge on any atom is -0.388 e. The van der Waals surface area contributed by atoms with Crippen molar-refractivity contribution in [1.29, 1.82) is 0 Å². The van der Waals surface area contributed by atoms with Crippen molar-refractivity contribution in [2.75, 3.05) is 13.1 Å². The Bertz CT molecular complexity index is 354. The lowest BCUT2D eigenvalue weighted by molar-refractivity contribution is 0.0619. The highest BCUT2D eigenvalue weighted by atomic mass is 16.3. The van der Waals surface area contributed by atoms with Gasteiger partial charge in [-0.25, -0.2) is 0 Å². The summed E-state index contributed by atoms with van der Waals surface area (Å²) in [6.07, 6.45) is 1.62. The second kappa shape index (κ2) is 4.56. The number of benzene rings is 1. The summed E-state index contributed by atoms with van der Waals surface area (Å²) >= 11 is 0. The van der Waals surface area contributed by atoms with Crippen molar-refractivity contribution < 1.29 is 5.11 Å². The third-order valence-electron chi connectivity index (χ3n) is 3.37. The molecule has 1 aromatic rings. The summed E-state index contributed by atoms with van der Waals surface area (Å²) in [5.41, 5.74) is 2.07. The molecule has 1 aliphatic rings. The normalized spacial score (nSPS) is 25.2. The third kappa shape index (κ3) is 2.63. The van der Waals surface area contributed by atoms with E-state index in [0.717, 1.165) is 25.9 Å². The highest BCUT2D eigenvalue weighted by molar-refractivity contribution is 5.27. The summed E-state index contributed by atoms with van der Waals surface area (Å²) < 4.78 is 0. The average Bonchev–Trinajstić information content (AvgIpc) is 2.65. The molecule has 1 atom stereocenters. The first kappa shape index (κ1) is 11.6. The maximum absolute atomic E-state index is 10.3. The van der Waals surface area contributed by atoms with Crippen LogP contribution in [0.2, 0.25) is 0 Å². The van der Waals surface area contributed by atoms with Crippen molar-refractivity contribution in [3.63, 3.8) is 0 Å². The van der Waals surface area contributed by atoms with Gasteiger partial charge in [0, 0.05) is 13.0 Å². The van der Waals surface area contributed by atoms with Gasteiger partial charge in [-0.15, -0.1) is 0 Å². The van der Waals surface area contributed by atoms with Gasteiger partial charge in [-0.2, -0.15) is 0 Å². The van der Waals surface area contributed by atoms with E-state index in [1.54, 1.807) is 0 Å². The minimum absolute atomic E-state index is 0.532. The fourth-order valence-electron chi connectivity index (χ4n) is 2.32. The molecule has 1 saturated heterocycles. The minimum atomic E-state index is -0.532. The summed E-state index contributed by atoms with van der Waals surface area (Å²) in [5.74, 6) is 0.552. The van der Waals surface area contributed by atoms with Crippen molar-refractivity contribution in [2.45, 2.75) is 38.2 Å². The van der Waals surface area contributed by atoms with Crippen LogP contribution in [-0.2, 0) is 6.42 Å². The molecule has 1 fully saturated rings. The van der Waals surface area contributed by atoms with E-state index in [9.17, 15) is 5.11 Å². The molecule has 0 amide bonds. The van der Waals surface area contributed by atoms with Crippen LogP contribution in [0.3, 0.4) is 0 Å². The molecular formula is C14H21NO. The van der Waals surface area contributed by atoms with Crippen molar-refractivity contribution in [1.82, 2.24) is 5.32 Å².